The van der Waals surface area contributed by atoms with E-state index in [2.05, 4.69) is 146 Å². The van der Waals surface area contributed by atoms with E-state index >= 15 is 0 Å². The summed E-state index contributed by atoms with van der Waals surface area (Å²) in [6, 6.07) is 25.2. The molecule has 8 bridgehead atoms. The topological polar surface area (TPSA) is 110 Å². The molecule has 0 fully saturated rings. The Morgan fingerprint density at radius 1 is 0.413 bits per heavy atom. The van der Waals surface area contributed by atoms with Crippen molar-refractivity contribution in [2.45, 2.75) is 78.8 Å². The maximum atomic E-state index is 12.9. The fourth-order valence-electron chi connectivity index (χ4n) is 9.67. The summed E-state index contributed by atoms with van der Waals surface area (Å²) in [5.41, 5.74) is 14.2. The average molecular weight is 1020 g/mol. The second kappa shape index (κ2) is 25.4. The first-order valence-corrected chi connectivity index (χ1v) is 26.2. The van der Waals surface area contributed by atoms with Gasteiger partial charge in [0.15, 0.2) is 75.8 Å². The number of nitrogens with one attached hydrogen (secondary N) is 2. The largest absolute Gasteiger partial charge is 0.411 e. The minimum absolute atomic E-state index is 0.0200. The molecular formula is C60H67F3N8O4+4. The molecule has 15 heteroatoms. The van der Waals surface area contributed by atoms with Crippen molar-refractivity contribution in [2.24, 2.45) is 0 Å². The lowest BCUT2D eigenvalue weighted by Crippen LogP contribution is -2.33. The Hall–Kier alpha value is -7.17. The third-order valence-corrected chi connectivity index (χ3v) is 13.0. The number of H-pyrrole nitrogens is 2. The number of pyridine rings is 4. The predicted molar refractivity (Wildman–Crippen MR) is 286 cm³/mol. The highest BCUT2D eigenvalue weighted by atomic mass is 19.4. The van der Waals surface area contributed by atoms with Crippen LogP contribution >= 0.6 is 0 Å². The van der Waals surface area contributed by atoms with Crippen molar-refractivity contribution in [3.8, 4) is 44.5 Å². The first-order chi connectivity index (χ1) is 36.7. The number of halogens is 3. The van der Waals surface area contributed by atoms with Gasteiger partial charge in [-0.1, -0.05) is 0 Å². The van der Waals surface area contributed by atoms with Crippen molar-refractivity contribution < 1.29 is 50.4 Å². The Morgan fingerprint density at radius 2 is 0.693 bits per heavy atom. The lowest BCUT2D eigenvalue weighted by atomic mass is 10.1. The number of alkyl halides is 3. The monoisotopic (exact) mass is 1020 g/mol. The van der Waals surface area contributed by atoms with Crippen molar-refractivity contribution >= 4 is 46.4 Å². The first-order valence-electron chi connectivity index (χ1n) is 26.2. The quantitative estimate of drug-likeness (QED) is 0.0461. The Bertz CT molecular complexity index is 3260. The van der Waals surface area contributed by atoms with Gasteiger partial charge in [0.25, 0.3) is 0 Å². The summed E-state index contributed by atoms with van der Waals surface area (Å²) in [7, 11) is 0. The Kier molecular flexibility index (Phi) is 17.8. The number of aromatic amines is 2. The molecule has 0 saturated heterocycles. The molecular weight excluding hydrogens is 954 g/mol. The lowest BCUT2D eigenvalue weighted by Gasteiger charge is -2.07. The third kappa shape index (κ3) is 13.6. The van der Waals surface area contributed by atoms with Crippen LogP contribution in [0, 0.1) is 0 Å². The molecule has 388 valence electrons. The summed E-state index contributed by atoms with van der Waals surface area (Å²) in [4.78, 5) is 18.8. The maximum absolute atomic E-state index is 12.9. The van der Waals surface area contributed by atoms with Crippen LogP contribution in [0.25, 0.3) is 90.9 Å². The molecule has 9 heterocycles. The second-order valence-electron chi connectivity index (χ2n) is 18.5. The maximum Gasteiger partial charge on any atom is 0.411 e. The molecule has 0 aromatic carbocycles. The van der Waals surface area contributed by atoms with Crippen LogP contribution in [0.3, 0.4) is 0 Å². The lowest BCUT2D eigenvalue weighted by molar-refractivity contribution is -0.697. The number of hydrogen-bond donors (Lipinski definition) is 2. The summed E-state index contributed by atoms with van der Waals surface area (Å²) in [5.74, 6) is 0. The zero-order valence-electron chi connectivity index (χ0n) is 43.1. The molecule has 9 rings (SSSR count). The minimum atomic E-state index is -4.37. The van der Waals surface area contributed by atoms with E-state index < -0.39 is 12.8 Å². The molecule has 0 aliphatic carbocycles. The summed E-state index contributed by atoms with van der Waals surface area (Å²) in [6.45, 7) is 11.6. The van der Waals surface area contributed by atoms with Crippen molar-refractivity contribution in [1.82, 2.24) is 19.9 Å². The molecule has 0 radical (unpaired) electrons. The van der Waals surface area contributed by atoms with E-state index in [1.54, 1.807) is 0 Å². The highest BCUT2D eigenvalue weighted by Gasteiger charge is 2.27. The second-order valence-corrected chi connectivity index (χ2v) is 18.5. The van der Waals surface area contributed by atoms with Crippen molar-refractivity contribution in [3.05, 3.63) is 145 Å². The molecule has 0 amide bonds. The normalized spacial score (nSPS) is 12.3. The van der Waals surface area contributed by atoms with E-state index in [1.807, 2.05) is 49.9 Å². The van der Waals surface area contributed by atoms with Crippen molar-refractivity contribution in [1.29, 1.82) is 0 Å². The molecule has 2 aliphatic rings. The van der Waals surface area contributed by atoms with Gasteiger partial charge < -0.3 is 28.9 Å². The molecule has 2 aliphatic heterocycles. The molecule has 2 N–H and O–H groups in total. The standard InChI is InChI=1S/C60H67F3N8O4/c1-4-72-35-11-31-68-27-7-15-44(39-68)56-48-19-21-50(64-48)57(45-16-8-28-69(40-45)32-12-36-73-5-2)52-23-25-54(66-52)59(47-18-10-30-71(42-47)34-14-38-75-43-60(61,62)63)55-26-24-53(67-55)58(51-22-20-49(56)65-51)46-17-9-29-70(41-46)33-13-37-74-6-3/h7-10,15-30,39-42,64,67H,4-6,11-14,31-38,43H2,1-3H3/q+4. The SMILES string of the molecule is CCOCCC[n+]1cccc(-c2c3nc(c(-c4ccc[n+](CCCOCC)c4)c4ccc([nH]4)c(-c4ccc[n+](CCCOCC(F)(F)F)c4)c4nc(c(-c5ccc[n+](CCCOCC)c5)c5ccc2[nH]5)C=C4)C=C3)c1. The Balaban J connectivity index is 1.30. The van der Waals surface area contributed by atoms with Gasteiger partial charge in [0.1, 0.15) is 6.61 Å². The highest BCUT2D eigenvalue weighted by molar-refractivity contribution is 5.99. The minimum Gasteiger partial charge on any atom is -0.381 e. The van der Waals surface area contributed by atoms with E-state index in [0.29, 0.717) is 52.6 Å². The van der Waals surface area contributed by atoms with Gasteiger partial charge >= 0.3 is 6.18 Å². The number of nitrogens with zero attached hydrogens (tertiary/aromatic N) is 6. The van der Waals surface area contributed by atoms with Crippen molar-refractivity contribution in [3.63, 3.8) is 0 Å². The summed E-state index contributed by atoms with van der Waals surface area (Å²) < 4.78 is 69.4. The van der Waals surface area contributed by atoms with Crippen LogP contribution in [0.4, 0.5) is 13.2 Å². The number of fused-ring (bicyclic) bond motifs is 8. The van der Waals surface area contributed by atoms with Gasteiger partial charge in [-0.3, -0.25) is 0 Å². The molecule has 0 unspecified atom stereocenters. The fourth-order valence-corrected chi connectivity index (χ4v) is 9.67. The Labute approximate surface area is 436 Å². The molecule has 12 nitrogen and oxygen atoms in total. The fraction of sp³-hybridized carbons (Fsp3) is 0.333. The molecule has 75 heavy (non-hydrogen) atoms. The molecule has 7 aromatic heterocycles. The van der Waals surface area contributed by atoms with Gasteiger partial charge in [0.05, 0.1) is 49.2 Å². The zero-order valence-corrected chi connectivity index (χ0v) is 43.1. The predicted octanol–water partition coefficient (Wildman–Crippen LogP) is 10.7. The van der Waals surface area contributed by atoms with Crippen LogP contribution in [0.1, 0.15) is 69.2 Å². The number of rotatable bonds is 24. The average Bonchev–Trinajstić information content (AvgIpc) is 4.28. The van der Waals surface area contributed by atoms with Gasteiger partial charge in [0.2, 0.25) is 0 Å². The van der Waals surface area contributed by atoms with Gasteiger partial charge in [-0.15, -0.1) is 0 Å². The van der Waals surface area contributed by atoms with Crippen LogP contribution in [0.2, 0.25) is 0 Å². The molecule has 0 spiro atoms. The number of ether oxygens (including phenoxy) is 4. The molecule has 7 aromatic rings. The number of aryl methyl sites for hydroxylation is 4. The van der Waals surface area contributed by atoms with E-state index in [9.17, 15) is 13.2 Å². The zero-order chi connectivity index (χ0) is 52.0. The summed E-state index contributed by atoms with van der Waals surface area (Å²) in [6.07, 6.45) is 23.8. The van der Waals surface area contributed by atoms with Crippen LogP contribution in [-0.4, -0.2) is 79.0 Å². The third-order valence-electron chi connectivity index (χ3n) is 13.0. The highest BCUT2D eigenvalue weighted by Crippen LogP contribution is 2.38. The van der Waals surface area contributed by atoms with Gasteiger partial charge in [-0.05, 0) is 93.6 Å². The van der Waals surface area contributed by atoms with Crippen LogP contribution in [0.15, 0.2) is 122 Å². The first kappa shape index (κ1) is 52.7. The van der Waals surface area contributed by atoms with E-state index in [1.165, 1.54) is 0 Å². The van der Waals surface area contributed by atoms with E-state index in [4.69, 9.17) is 28.9 Å². The van der Waals surface area contributed by atoms with E-state index in [-0.39, 0.29) is 6.61 Å². The van der Waals surface area contributed by atoms with E-state index in [0.717, 1.165) is 128 Å². The van der Waals surface area contributed by atoms with Crippen LogP contribution < -0.4 is 18.3 Å². The number of aromatic nitrogens is 8. The van der Waals surface area contributed by atoms with Crippen molar-refractivity contribution in [2.75, 3.05) is 52.9 Å². The molecule has 0 saturated carbocycles. The summed E-state index contributed by atoms with van der Waals surface area (Å²) >= 11 is 0. The number of hydrogen-bond acceptors (Lipinski definition) is 6. The van der Waals surface area contributed by atoms with Crippen LogP contribution in [-0.2, 0) is 45.1 Å². The van der Waals surface area contributed by atoms with Gasteiger partial charge in [-0.2, -0.15) is 13.2 Å². The smallest absolute Gasteiger partial charge is 0.381 e. The molecule has 0 atom stereocenters. The van der Waals surface area contributed by atoms with Gasteiger partial charge in [0, 0.05) is 136 Å². The van der Waals surface area contributed by atoms with Crippen LogP contribution in [0.5, 0.6) is 0 Å². The van der Waals surface area contributed by atoms with Gasteiger partial charge in [-0.25, -0.2) is 28.2 Å². The summed E-state index contributed by atoms with van der Waals surface area (Å²) in [5, 5.41) is 0. The Morgan fingerprint density at radius 3 is 0.960 bits per heavy atom.